The highest BCUT2D eigenvalue weighted by molar-refractivity contribution is 5.93. The van der Waals surface area contributed by atoms with Crippen LogP contribution < -0.4 is 0 Å². The number of ether oxygens (including phenoxy) is 2. The molecular formula is C13H20FNO5. The maximum Gasteiger partial charge on any atom is 0.410 e. The van der Waals surface area contributed by atoms with Crippen LogP contribution in [0.2, 0.25) is 0 Å². The van der Waals surface area contributed by atoms with E-state index in [2.05, 4.69) is 4.74 Å². The summed E-state index contributed by atoms with van der Waals surface area (Å²) in [6.45, 7) is 5.72. The molecule has 1 amide bonds. The summed E-state index contributed by atoms with van der Waals surface area (Å²) in [7, 11) is 0. The molecule has 6 nitrogen and oxygen atoms in total. The smallest absolute Gasteiger partial charge is 0.410 e. The van der Waals surface area contributed by atoms with Gasteiger partial charge in [-0.3, -0.25) is 9.69 Å². The number of esters is 1. The van der Waals surface area contributed by atoms with Gasteiger partial charge in [0, 0.05) is 0 Å². The van der Waals surface area contributed by atoms with E-state index in [1.54, 1.807) is 20.8 Å². The molecule has 0 saturated carbocycles. The zero-order valence-electron chi connectivity index (χ0n) is 12.2. The zero-order chi connectivity index (χ0) is 15.6. The largest absolute Gasteiger partial charge is 0.464 e. The number of alkyl halides is 1. The minimum atomic E-state index is -2.50. The number of Topliss-reactive ketones (excluding diaryl/α,β-unsaturated/α-hetero) is 1. The number of carbonyl (C=O) groups is 3. The average molecular weight is 289 g/mol. The Morgan fingerprint density at radius 1 is 1.40 bits per heavy atom. The molecule has 0 radical (unpaired) electrons. The lowest BCUT2D eigenvalue weighted by Crippen LogP contribution is -2.56. The number of amides is 1. The van der Waals surface area contributed by atoms with E-state index in [-0.39, 0.29) is 13.2 Å². The molecule has 1 aliphatic rings. The molecule has 114 valence electrons. The van der Waals surface area contributed by atoms with Crippen molar-refractivity contribution in [2.75, 3.05) is 19.7 Å². The number of piperidine rings is 1. The van der Waals surface area contributed by atoms with Gasteiger partial charge in [0.2, 0.25) is 5.67 Å². The third-order valence-corrected chi connectivity index (χ3v) is 2.58. The standard InChI is InChI=1S/C13H20FNO5/c1-5-19-10(17)13(14)6-9(16)7-15(8-13)11(18)20-12(2,3)4/h5-8H2,1-4H3/t13-/m0/s1. The van der Waals surface area contributed by atoms with Crippen molar-refractivity contribution in [2.24, 2.45) is 0 Å². The molecule has 0 aromatic carbocycles. The Morgan fingerprint density at radius 3 is 2.50 bits per heavy atom. The van der Waals surface area contributed by atoms with Crippen LogP contribution in [0.25, 0.3) is 0 Å². The number of nitrogens with zero attached hydrogens (tertiary/aromatic N) is 1. The SMILES string of the molecule is CCOC(=O)[C@]1(F)CC(=O)CN(C(=O)OC(C)(C)C)C1. The second kappa shape index (κ2) is 5.76. The second-order valence-corrected chi connectivity index (χ2v) is 5.74. The van der Waals surface area contributed by atoms with Crippen LogP contribution in [-0.4, -0.2) is 53.7 Å². The van der Waals surface area contributed by atoms with Gasteiger partial charge in [0.1, 0.15) is 5.60 Å². The number of likely N-dealkylation sites (tertiary alicyclic amines) is 1. The van der Waals surface area contributed by atoms with E-state index in [9.17, 15) is 18.8 Å². The summed E-state index contributed by atoms with van der Waals surface area (Å²) in [5.41, 5.74) is -3.26. The van der Waals surface area contributed by atoms with E-state index in [4.69, 9.17) is 4.74 Å². The molecule has 20 heavy (non-hydrogen) atoms. The summed E-state index contributed by atoms with van der Waals surface area (Å²) < 4.78 is 24.2. The lowest BCUT2D eigenvalue weighted by atomic mass is 9.94. The molecule has 0 bridgehead atoms. The fourth-order valence-electron chi connectivity index (χ4n) is 1.85. The van der Waals surface area contributed by atoms with Crippen LogP contribution in [0, 0.1) is 0 Å². The first-order chi connectivity index (χ1) is 9.07. The maximum atomic E-state index is 14.5. The van der Waals surface area contributed by atoms with Crippen molar-refractivity contribution in [3.63, 3.8) is 0 Å². The predicted octanol–water partition coefficient (Wildman–Crippen LogP) is 1.47. The highest BCUT2D eigenvalue weighted by Gasteiger charge is 2.49. The van der Waals surface area contributed by atoms with Crippen molar-refractivity contribution in [3.05, 3.63) is 0 Å². The first-order valence-corrected chi connectivity index (χ1v) is 6.43. The lowest BCUT2D eigenvalue weighted by molar-refractivity contribution is -0.163. The molecule has 1 aliphatic heterocycles. The molecule has 0 unspecified atom stereocenters. The van der Waals surface area contributed by atoms with Crippen LogP contribution in [0.4, 0.5) is 9.18 Å². The molecule has 1 rings (SSSR count). The summed E-state index contributed by atoms with van der Waals surface area (Å²) in [6.07, 6.45) is -1.40. The minimum absolute atomic E-state index is 0.00509. The van der Waals surface area contributed by atoms with Crippen molar-refractivity contribution < 1.29 is 28.2 Å². The van der Waals surface area contributed by atoms with Crippen LogP contribution in [0.1, 0.15) is 34.1 Å². The first-order valence-electron chi connectivity index (χ1n) is 6.43. The van der Waals surface area contributed by atoms with Gasteiger partial charge in [-0.05, 0) is 27.7 Å². The molecule has 1 saturated heterocycles. The molecule has 0 spiro atoms. The molecule has 0 aliphatic carbocycles. The molecule has 7 heteroatoms. The predicted molar refractivity (Wildman–Crippen MR) is 67.9 cm³/mol. The van der Waals surface area contributed by atoms with Crippen LogP contribution in [0.5, 0.6) is 0 Å². The number of hydrogen-bond donors (Lipinski definition) is 0. The molecular weight excluding hydrogens is 269 g/mol. The van der Waals surface area contributed by atoms with Gasteiger partial charge in [0.05, 0.1) is 26.1 Å². The van der Waals surface area contributed by atoms with Gasteiger partial charge in [-0.15, -0.1) is 0 Å². The van der Waals surface area contributed by atoms with Crippen LogP contribution in [-0.2, 0) is 19.1 Å². The quantitative estimate of drug-likeness (QED) is 0.720. The minimum Gasteiger partial charge on any atom is -0.464 e. The number of ketones is 1. The van der Waals surface area contributed by atoms with Crippen molar-refractivity contribution >= 4 is 17.8 Å². The highest BCUT2D eigenvalue weighted by Crippen LogP contribution is 2.26. The van der Waals surface area contributed by atoms with Crippen LogP contribution in [0.15, 0.2) is 0 Å². The van der Waals surface area contributed by atoms with E-state index in [1.165, 1.54) is 6.92 Å². The van der Waals surface area contributed by atoms with E-state index < -0.39 is 42.1 Å². The first kappa shape index (κ1) is 16.4. The average Bonchev–Trinajstić information content (AvgIpc) is 2.25. The van der Waals surface area contributed by atoms with Gasteiger partial charge in [0.25, 0.3) is 0 Å². The molecule has 0 aromatic rings. The monoisotopic (exact) mass is 289 g/mol. The Morgan fingerprint density at radius 2 is 2.00 bits per heavy atom. The Labute approximate surface area is 117 Å². The molecule has 1 fully saturated rings. The Balaban J connectivity index is 2.83. The fourth-order valence-corrected chi connectivity index (χ4v) is 1.85. The fraction of sp³-hybridized carbons (Fsp3) is 0.769. The lowest BCUT2D eigenvalue weighted by Gasteiger charge is -2.35. The van der Waals surface area contributed by atoms with Crippen molar-refractivity contribution in [3.8, 4) is 0 Å². The second-order valence-electron chi connectivity index (χ2n) is 5.74. The topological polar surface area (TPSA) is 72.9 Å². The Bertz CT molecular complexity index is 417. The van der Waals surface area contributed by atoms with E-state index in [1.807, 2.05) is 0 Å². The molecule has 1 heterocycles. The van der Waals surface area contributed by atoms with Gasteiger partial charge >= 0.3 is 12.1 Å². The number of hydrogen-bond acceptors (Lipinski definition) is 5. The van der Waals surface area contributed by atoms with Gasteiger partial charge < -0.3 is 9.47 Å². The third kappa shape index (κ3) is 4.18. The summed E-state index contributed by atoms with van der Waals surface area (Å²) in [5.74, 6) is -1.67. The van der Waals surface area contributed by atoms with Crippen molar-refractivity contribution in [1.29, 1.82) is 0 Å². The summed E-state index contributed by atoms with van der Waals surface area (Å²) in [6, 6.07) is 0. The maximum absolute atomic E-state index is 14.5. The van der Waals surface area contributed by atoms with Crippen LogP contribution >= 0.6 is 0 Å². The van der Waals surface area contributed by atoms with Crippen LogP contribution in [0.3, 0.4) is 0 Å². The van der Waals surface area contributed by atoms with Gasteiger partial charge in [-0.2, -0.15) is 0 Å². The number of halogens is 1. The molecule has 0 N–H and O–H groups in total. The van der Waals surface area contributed by atoms with E-state index in [0.717, 1.165) is 4.90 Å². The summed E-state index contributed by atoms with van der Waals surface area (Å²) >= 11 is 0. The number of rotatable bonds is 2. The zero-order valence-corrected chi connectivity index (χ0v) is 12.2. The normalized spacial score (nSPS) is 23.4. The van der Waals surface area contributed by atoms with Gasteiger partial charge in [0.15, 0.2) is 5.78 Å². The Hall–Kier alpha value is -1.66. The van der Waals surface area contributed by atoms with E-state index >= 15 is 0 Å². The van der Waals surface area contributed by atoms with Gasteiger partial charge in [-0.1, -0.05) is 0 Å². The summed E-state index contributed by atoms with van der Waals surface area (Å²) in [5, 5.41) is 0. The van der Waals surface area contributed by atoms with E-state index in [0.29, 0.717) is 0 Å². The third-order valence-electron chi connectivity index (χ3n) is 2.58. The van der Waals surface area contributed by atoms with Crippen molar-refractivity contribution in [1.82, 2.24) is 4.90 Å². The molecule has 1 atom stereocenters. The van der Waals surface area contributed by atoms with Crippen molar-refractivity contribution in [2.45, 2.75) is 45.4 Å². The number of carbonyl (C=O) groups excluding carboxylic acids is 3. The Kier molecular flexibility index (Phi) is 4.73. The summed E-state index contributed by atoms with van der Waals surface area (Å²) in [4.78, 5) is 35.9. The molecule has 0 aromatic heterocycles. The van der Waals surface area contributed by atoms with Gasteiger partial charge in [-0.25, -0.2) is 14.0 Å². The highest BCUT2D eigenvalue weighted by atomic mass is 19.1.